The van der Waals surface area contributed by atoms with Gasteiger partial charge in [0.15, 0.2) is 0 Å². The zero-order valence-corrected chi connectivity index (χ0v) is 13.7. The number of carboxylic acids is 1. The van der Waals surface area contributed by atoms with E-state index < -0.39 is 23.7 Å². The van der Waals surface area contributed by atoms with Crippen LogP contribution in [0.4, 0.5) is 4.79 Å². The zero-order valence-electron chi connectivity index (χ0n) is 13.7. The Bertz CT molecular complexity index is 509. The Hall–Kier alpha value is -1.79. The van der Waals surface area contributed by atoms with Crippen molar-refractivity contribution < 1.29 is 24.2 Å². The van der Waals surface area contributed by atoms with Crippen LogP contribution < -0.4 is 5.32 Å². The lowest BCUT2D eigenvalue weighted by Crippen LogP contribution is -2.49. The number of amides is 2. The topological polar surface area (TPSA) is 95.9 Å². The van der Waals surface area contributed by atoms with Crippen molar-refractivity contribution >= 4 is 18.0 Å². The van der Waals surface area contributed by atoms with E-state index in [0.29, 0.717) is 6.54 Å². The Morgan fingerprint density at radius 2 is 1.91 bits per heavy atom. The fraction of sp³-hybridized carbons (Fsp3) is 0.800. The number of aliphatic carboxylic acids is 1. The molecule has 1 heterocycles. The number of nitrogens with zero attached hydrogens (tertiary/aromatic N) is 1. The molecule has 1 aliphatic heterocycles. The maximum absolute atomic E-state index is 12.2. The molecule has 0 unspecified atom stereocenters. The second kappa shape index (κ2) is 5.14. The SMILES string of the molecule is CC(C)(C)OC(=O)NCC(=O)N1C[C@H]2[C@@H]([C@H]1C(=O)O)C2(C)C. The summed E-state index contributed by atoms with van der Waals surface area (Å²) in [5, 5.41) is 11.8. The summed E-state index contributed by atoms with van der Waals surface area (Å²) in [4.78, 5) is 36.6. The molecule has 2 aliphatic rings. The number of fused-ring (bicyclic) bond motifs is 1. The molecule has 7 heteroatoms. The number of alkyl carbamates (subject to hydrolysis) is 1. The van der Waals surface area contributed by atoms with Crippen molar-refractivity contribution in [2.75, 3.05) is 13.1 Å². The summed E-state index contributed by atoms with van der Waals surface area (Å²) in [6, 6.07) is -0.798. The van der Waals surface area contributed by atoms with Gasteiger partial charge in [0.25, 0.3) is 0 Å². The number of nitrogens with one attached hydrogen (secondary N) is 1. The second-order valence-corrected chi connectivity index (χ2v) is 7.64. The Kier molecular flexibility index (Phi) is 3.87. The van der Waals surface area contributed by atoms with E-state index in [2.05, 4.69) is 5.32 Å². The molecule has 0 radical (unpaired) electrons. The molecule has 2 fully saturated rings. The zero-order chi connectivity index (χ0) is 16.9. The van der Waals surface area contributed by atoms with Crippen molar-refractivity contribution in [1.29, 1.82) is 0 Å². The Morgan fingerprint density at radius 1 is 1.32 bits per heavy atom. The van der Waals surface area contributed by atoms with Gasteiger partial charge >= 0.3 is 12.1 Å². The molecule has 2 N–H and O–H groups in total. The van der Waals surface area contributed by atoms with Crippen LogP contribution in [0.3, 0.4) is 0 Å². The van der Waals surface area contributed by atoms with E-state index in [1.807, 2.05) is 13.8 Å². The van der Waals surface area contributed by atoms with Crippen LogP contribution >= 0.6 is 0 Å². The standard InChI is InChI=1S/C15H24N2O5/c1-14(2,3)22-13(21)16-6-9(18)17-7-8-10(15(8,4)5)11(17)12(19)20/h8,10-11H,6-7H2,1-5H3,(H,16,21)(H,19,20)/t8-,10-,11-/m0/s1. The predicted octanol–water partition coefficient (Wildman–Crippen LogP) is 1.08. The Balaban J connectivity index is 1.91. The van der Waals surface area contributed by atoms with Crippen molar-refractivity contribution in [3.05, 3.63) is 0 Å². The third-order valence-electron chi connectivity index (χ3n) is 4.56. The molecular formula is C15H24N2O5. The molecule has 2 rings (SSSR count). The number of carbonyl (C=O) groups excluding carboxylic acids is 2. The first-order chi connectivity index (χ1) is 9.95. The third-order valence-corrected chi connectivity index (χ3v) is 4.56. The number of ether oxygens (including phenoxy) is 1. The molecule has 22 heavy (non-hydrogen) atoms. The minimum atomic E-state index is -0.983. The van der Waals surface area contributed by atoms with Crippen molar-refractivity contribution in [3.8, 4) is 0 Å². The molecule has 0 aromatic heterocycles. The fourth-order valence-electron chi connectivity index (χ4n) is 3.39. The van der Waals surface area contributed by atoms with E-state index >= 15 is 0 Å². The normalized spacial score (nSPS) is 28.8. The van der Waals surface area contributed by atoms with Gasteiger partial charge in [0, 0.05) is 12.5 Å². The molecule has 0 bridgehead atoms. The number of carbonyl (C=O) groups is 3. The summed E-state index contributed by atoms with van der Waals surface area (Å²) in [5.41, 5.74) is -0.672. The van der Waals surface area contributed by atoms with Crippen LogP contribution in [-0.2, 0) is 14.3 Å². The number of rotatable bonds is 3. The first kappa shape index (κ1) is 16.6. The van der Waals surface area contributed by atoms with Crippen LogP contribution in [0.15, 0.2) is 0 Å². The smallest absolute Gasteiger partial charge is 0.408 e. The highest BCUT2D eigenvalue weighted by Crippen LogP contribution is 2.64. The fourth-order valence-corrected chi connectivity index (χ4v) is 3.39. The van der Waals surface area contributed by atoms with Crippen LogP contribution in [0.5, 0.6) is 0 Å². The highest BCUT2D eigenvalue weighted by atomic mass is 16.6. The van der Waals surface area contributed by atoms with Crippen molar-refractivity contribution in [1.82, 2.24) is 10.2 Å². The number of carboxylic acid groups (broad SMARTS) is 1. The van der Waals surface area contributed by atoms with Crippen LogP contribution in [0.2, 0.25) is 0 Å². The minimum Gasteiger partial charge on any atom is -0.480 e. The van der Waals surface area contributed by atoms with Crippen molar-refractivity contribution in [2.45, 2.75) is 46.3 Å². The molecular weight excluding hydrogens is 288 g/mol. The average Bonchev–Trinajstić information content (AvgIpc) is 2.74. The highest BCUT2D eigenvalue weighted by molar-refractivity contribution is 5.88. The molecule has 124 valence electrons. The number of hydrogen-bond donors (Lipinski definition) is 2. The van der Waals surface area contributed by atoms with Crippen LogP contribution in [0.25, 0.3) is 0 Å². The summed E-state index contributed by atoms with van der Waals surface area (Å²) < 4.78 is 5.05. The lowest BCUT2D eigenvalue weighted by molar-refractivity contribution is -0.149. The van der Waals surface area contributed by atoms with Gasteiger partial charge in [0.05, 0.1) is 0 Å². The number of piperidine rings is 1. The maximum atomic E-state index is 12.2. The largest absolute Gasteiger partial charge is 0.480 e. The summed E-state index contributed by atoms with van der Waals surface area (Å²) >= 11 is 0. The van der Waals surface area contributed by atoms with Gasteiger partial charge in [0.2, 0.25) is 5.91 Å². The van der Waals surface area contributed by atoms with Gasteiger partial charge in [0.1, 0.15) is 18.2 Å². The van der Waals surface area contributed by atoms with Gasteiger partial charge in [-0.15, -0.1) is 0 Å². The molecule has 0 spiro atoms. The van der Waals surface area contributed by atoms with E-state index in [4.69, 9.17) is 4.74 Å². The van der Waals surface area contributed by atoms with Gasteiger partial charge in [-0.05, 0) is 32.1 Å². The highest BCUT2D eigenvalue weighted by Gasteiger charge is 2.69. The van der Waals surface area contributed by atoms with Gasteiger partial charge in [-0.2, -0.15) is 0 Å². The van der Waals surface area contributed by atoms with Gasteiger partial charge in [-0.3, -0.25) is 4.79 Å². The summed E-state index contributed by atoms with van der Waals surface area (Å²) in [6.07, 6.45) is -0.683. The monoisotopic (exact) mass is 312 g/mol. The van der Waals surface area contributed by atoms with Crippen LogP contribution in [-0.4, -0.2) is 52.7 Å². The van der Waals surface area contributed by atoms with Crippen molar-refractivity contribution in [3.63, 3.8) is 0 Å². The van der Waals surface area contributed by atoms with Crippen LogP contribution in [0.1, 0.15) is 34.6 Å². The lowest BCUT2D eigenvalue weighted by Gasteiger charge is -2.28. The summed E-state index contributed by atoms with van der Waals surface area (Å²) in [5.74, 6) is -1.15. The van der Waals surface area contributed by atoms with E-state index in [1.165, 1.54) is 4.90 Å². The average molecular weight is 312 g/mol. The maximum Gasteiger partial charge on any atom is 0.408 e. The predicted molar refractivity (Wildman–Crippen MR) is 78.1 cm³/mol. The summed E-state index contributed by atoms with van der Waals surface area (Å²) in [6.45, 7) is 9.42. The van der Waals surface area contributed by atoms with E-state index in [1.54, 1.807) is 20.8 Å². The molecule has 1 aliphatic carbocycles. The van der Waals surface area contributed by atoms with Gasteiger partial charge in [-0.1, -0.05) is 13.8 Å². The molecule has 7 nitrogen and oxygen atoms in total. The van der Waals surface area contributed by atoms with Crippen molar-refractivity contribution in [2.24, 2.45) is 17.3 Å². The molecule has 2 amide bonds. The minimum absolute atomic E-state index is 0.00419. The van der Waals surface area contributed by atoms with E-state index in [0.717, 1.165) is 0 Å². The quantitative estimate of drug-likeness (QED) is 0.813. The van der Waals surface area contributed by atoms with E-state index in [9.17, 15) is 19.5 Å². The first-order valence-electron chi connectivity index (χ1n) is 7.44. The molecule has 1 saturated carbocycles. The second-order valence-electron chi connectivity index (χ2n) is 7.64. The first-order valence-corrected chi connectivity index (χ1v) is 7.44. The summed E-state index contributed by atoms with van der Waals surface area (Å²) in [7, 11) is 0. The van der Waals surface area contributed by atoms with Gasteiger partial charge < -0.3 is 20.1 Å². The number of likely N-dealkylation sites (tertiary alicyclic amines) is 1. The third kappa shape index (κ3) is 3.03. The van der Waals surface area contributed by atoms with Gasteiger partial charge in [-0.25, -0.2) is 9.59 Å². The molecule has 1 saturated heterocycles. The molecule has 3 atom stereocenters. The Morgan fingerprint density at radius 3 is 2.41 bits per heavy atom. The lowest BCUT2D eigenvalue weighted by atomic mass is 10.0. The van der Waals surface area contributed by atoms with E-state index in [-0.39, 0.29) is 29.7 Å². The number of hydrogen-bond acceptors (Lipinski definition) is 4. The molecule has 0 aromatic rings. The van der Waals surface area contributed by atoms with Crippen LogP contribution in [0, 0.1) is 17.3 Å². The Labute approximate surface area is 130 Å². The molecule has 0 aromatic carbocycles.